The molecule has 1 unspecified atom stereocenters. The van der Waals surface area contributed by atoms with Crippen LogP contribution in [0.15, 0.2) is 0 Å². The quantitative estimate of drug-likeness (QED) is 0.350. The number of ether oxygens (including phenoxy) is 2. The lowest BCUT2D eigenvalue weighted by Crippen LogP contribution is -2.26. The van der Waals surface area contributed by atoms with Crippen LogP contribution in [0.3, 0.4) is 0 Å². The number of thioether (sulfide) groups is 1. The van der Waals surface area contributed by atoms with Gasteiger partial charge in [-0.15, -0.1) is 0 Å². The van der Waals surface area contributed by atoms with Gasteiger partial charge in [0.2, 0.25) is 0 Å². The monoisotopic (exact) mass is 220 g/mol. The van der Waals surface area contributed by atoms with Gasteiger partial charge in [-0.05, 0) is 12.7 Å². The van der Waals surface area contributed by atoms with Crippen molar-refractivity contribution in [1.82, 2.24) is 0 Å². The number of hydrogen-bond donors (Lipinski definition) is 0. The van der Waals surface area contributed by atoms with Crippen LogP contribution in [0, 0.1) is 0 Å². The second-order valence-corrected chi connectivity index (χ2v) is 3.66. The van der Waals surface area contributed by atoms with E-state index in [9.17, 15) is 9.59 Å². The van der Waals surface area contributed by atoms with Crippen LogP contribution < -0.4 is 0 Å². The Hall–Kier alpha value is -0.710. The highest BCUT2D eigenvalue weighted by Crippen LogP contribution is 2.04. The van der Waals surface area contributed by atoms with Gasteiger partial charge in [0.1, 0.15) is 6.61 Å². The largest absolute Gasteiger partial charge is 0.462 e. The highest BCUT2D eigenvalue weighted by molar-refractivity contribution is 7.98. The highest BCUT2D eigenvalue weighted by atomic mass is 32.2. The molecule has 0 saturated carbocycles. The highest BCUT2D eigenvalue weighted by Gasteiger charge is 2.19. The molecule has 0 bridgehead atoms. The van der Waals surface area contributed by atoms with Crippen molar-refractivity contribution in [3.63, 3.8) is 0 Å². The van der Waals surface area contributed by atoms with Crippen molar-refractivity contribution in [3.8, 4) is 0 Å². The number of rotatable bonds is 8. The fraction of sp³-hybridized carbons (Fsp3) is 0.778. The van der Waals surface area contributed by atoms with Crippen molar-refractivity contribution >= 4 is 24.2 Å². The van der Waals surface area contributed by atoms with E-state index in [1.807, 2.05) is 13.2 Å². The SMILES string of the molecule is CCCC(OC=O)C(=O)OCCSC. The lowest BCUT2D eigenvalue weighted by Gasteiger charge is -2.12. The van der Waals surface area contributed by atoms with Gasteiger partial charge in [-0.2, -0.15) is 11.8 Å². The lowest BCUT2D eigenvalue weighted by molar-refractivity contribution is -0.161. The molecule has 14 heavy (non-hydrogen) atoms. The van der Waals surface area contributed by atoms with Crippen LogP contribution in [0.25, 0.3) is 0 Å². The van der Waals surface area contributed by atoms with Crippen LogP contribution >= 0.6 is 11.8 Å². The molecule has 0 N–H and O–H groups in total. The molecule has 0 aliphatic rings. The summed E-state index contributed by atoms with van der Waals surface area (Å²) >= 11 is 1.59. The summed E-state index contributed by atoms with van der Waals surface area (Å²) in [7, 11) is 0. The first-order valence-electron chi connectivity index (χ1n) is 4.50. The number of carbonyl (C=O) groups excluding carboxylic acids is 2. The molecular formula is C9H16O4S. The van der Waals surface area contributed by atoms with Crippen molar-refractivity contribution in [2.24, 2.45) is 0 Å². The van der Waals surface area contributed by atoms with E-state index in [0.717, 1.165) is 12.2 Å². The Morgan fingerprint density at radius 2 is 2.29 bits per heavy atom. The van der Waals surface area contributed by atoms with E-state index >= 15 is 0 Å². The summed E-state index contributed by atoms with van der Waals surface area (Å²) in [5, 5.41) is 0. The third-order valence-electron chi connectivity index (χ3n) is 1.57. The Morgan fingerprint density at radius 3 is 2.79 bits per heavy atom. The number of carbonyl (C=O) groups is 2. The summed E-state index contributed by atoms with van der Waals surface area (Å²) in [4.78, 5) is 21.4. The molecule has 0 fully saturated rings. The molecular weight excluding hydrogens is 204 g/mol. The van der Waals surface area contributed by atoms with Gasteiger partial charge in [-0.1, -0.05) is 13.3 Å². The first-order valence-corrected chi connectivity index (χ1v) is 5.90. The molecule has 0 aliphatic carbocycles. The van der Waals surface area contributed by atoms with Crippen LogP contribution in [0.5, 0.6) is 0 Å². The molecule has 0 rings (SSSR count). The third-order valence-corrected chi connectivity index (χ3v) is 2.14. The Labute approximate surface area is 88.3 Å². The molecule has 0 aromatic carbocycles. The van der Waals surface area contributed by atoms with Gasteiger partial charge in [0.15, 0.2) is 6.10 Å². The summed E-state index contributed by atoms with van der Waals surface area (Å²) in [6, 6.07) is 0. The van der Waals surface area contributed by atoms with Gasteiger partial charge in [-0.25, -0.2) is 4.79 Å². The minimum atomic E-state index is -0.737. The second-order valence-electron chi connectivity index (χ2n) is 2.67. The van der Waals surface area contributed by atoms with E-state index in [0.29, 0.717) is 13.0 Å². The Bertz CT molecular complexity index is 172. The zero-order valence-corrected chi connectivity index (χ0v) is 9.34. The van der Waals surface area contributed by atoms with Crippen molar-refractivity contribution in [2.75, 3.05) is 18.6 Å². The van der Waals surface area contributed by atoms with Crippen molar-refractivity contribution in [1.29, 1.82) is 0 Å². The molecule has 0 amide bonds. The van der Waals surface area contributed by atoms with E-state index < -0.39 is 12.1 Å². The molecule has 1 atom stereocenters. The maximum absolute atomic E-state index is 11.3. The van der Waals surface area contributed by atoms with Gasteiger partial charge in [-0.3, -0.25) is 4.79 Å². The van der Waals surface area contributed by atoms with E-state index in [-0.39, 0.29) is 6.47 Å². The summed E-state index contributed by atoms with van der Waals surface area (Å²) in [6.45, 7) is 2.56. The summed E-state index contributed by atoms with van der Waals surface area (Å²) < 4.78 is 9.52. The Balaban J connectivity index is 3.81. The fourth-order valence-corrected chi connectivity index (χ4v) is 1.14. The van der Waals surface area contributed by atoms with Crippen LogP contribution in [0.2, 0.25) is 0 Å². The van der Waals surface area contributed by atoms with Gasteiger partial charge < -0.3 is 9.47 Å². The van der Waals surface area contributed by atoms with E-state index in [1.165, 1.54) is 0 Å². The number of hydrogen-bond acceptors (Lipinski definition) is 5. The summed E-state index contributed by atoms with van der Waals surface area (Å²) in [5.41, 5.74) is 0. The first-order chi connectivity index (χ1) is 6.76. The minimum Gasteiger partial charge on any atom is -0.462 e. The predicted octanol–water partition coefficient (Wildman–Crippen LogP) is 1.23. The van der Waals surface area contributed by atoms with Crippen LogP contribution in [0.1, 0.15) is 19.8 Å². The average molecular weight is 220 g/mol. The lowest BCUT2D eigenvalue weighted by atomic mass is 10.2. The standard InChI is InChI=1S/C9H16O4S/c1-3-4-8(13-7-10)9(11)12-5-6-14-2/h7-8H,3-6H2,1-2H3. The fourth-order valence-electron chi connectivity index (χ4n) is 0.889. The molecule has 0 aromatic rings. The molecule has 0 spiro atoms. The zero-order chi connectivity index (χ0) is 10.8. The van der Waals surface area contributed by atoms with Gasteiger partial charge in [0.05, 0.1) is 0 Å². The van der Waals surface area contributed by atoms with Crippen molar-refractivity contribution < 1.29 is 19.1 Å². The van der Waals surface area contributed by atoms with E-state index in [2.05, 4.69) is 4.74 Å². The predicted molar refractivity (Wildman–Crippen MR) is 55.2 cm³/mol. The molecule has 0 aliphatic heterocycles. The van der Waals surface area contributed by atoms with Crippen LogP contribution in [-0.4, -0.2) is 37.2 Å². The molecule has 0 radical (unpaired) electrons. The van der Waals surface area contributed by atoms with Gasteiger partial charge in [0.25, 0.3) is 6.47 Å². The maximum atomic E-state index is 11.3. The number of esters is 1. The van der Waals surface area contributed by atoms with Crippen molar-refractivity contribution in [3.05, 3.63) is 0 Å². The maximum Gasteiger partial charge on any atom is 0.347 e. The second kappa shape index (κ2) is 8.87. The summed E-state index contributed by atoms with van der Waals surface area (Å²) in [6.07, 6.45) is 2.48. The topological polar surface area (TPSA) is 52.6 Å². The van der Waals surface area contributed by atoms with Gasteiger partial charge in [0, 0.05) is 5.75 Å². The molecule has 0 saturated heterocycles. The molecule has 82 valence electrons. The molecule has 4 nitrogen and oxygen atoms in total. The van der Waals surface area contributed by atoms with Crippen LogP contribution in [0.4, 0.5) is 0 Å². The zero-order valence-electron chi connectivity index (χ0n) is 8.52. The summed E-state index contributed by atoms with van der Waals surface area (Å²) in [5.74, 6) is 0.305. The Morgan fingerprint density at radius 1 is 1.57 bits per heavy atom. The Kier molecular flexibility index (Phi) is 8.42. The minimum absolute atomic E-state index is 0.288. The molecule has 5 heteroatoms. The molecule has 0 aromatic heterocycles. The normalized spacial score (nSPS) is 11.9. The molecule has 0 heterocycles. The van der Waals surface area contributed by atoms with Gasteiger partial charge >= 0.3 is 5.97 Å². The smallest absolute Gasteiger partial charge is 0.347 e. The average Bonchev–Trinajstić information content (AvgIpc) is 2.18. The first kappa shape index (κ1) is 13.3. The van der Waals surface area contributed by atoms with E-state index in [1.54, 1.807) is 11.8 Å². The van der Waals surface area contributed by atoms with E-state index in [4.69, 9.17) is 4.74 Å². The van der Waals surface area contributed by atoms with Crippen molar-refractivity contribution in [2.45, 2.75) is 25.9 Å². The third kappa shape index (κ3) is 5.85. The van der Waals surface area contributed by atoms with Crippen LogP contribution in [-0.2, 0) is 19.1 Å².